The Labute approximate surface area is 157 Å². The fraction of sp³-hybridized carbons (Fsp3) is 0.150. The van der Waals surface area contributed by atoms with Crippen LogP contribution in [-0.4, -0.2) is 15.9 Å². The number of aromatic nitrogens is 2. The van der Waals surface area contributed by atoms with Crippen LogP contribution in [0, 0.1) is 20.8 Å². The molecule has 6 heteroatoms. The summed E-state index contributed by atoms with van der Waals surface area (Å²) in [5.41, 5.74) is 4.95. The first-order valence-electron chi connectivity index (χ1n) is 8.17. The SMILES string of the molecule is Cc1cc(Cl)ccc1Nc1cnc(C(=O)Nc2c(C)cccc2C)cn1. The molecule has 0 saturated carbocycles. The Kier molecular flexibility index (Phi) is 5.19. The lowest BCUT2D eigenvalue weighted by Gasteiger charge is -2.11. The van der Waals surface area contributed by atoms with E-state index in [2.05, 4.69) is 20.6 Å². The van der Waals surface area contributed by atoms with E-state index < -0.39 is 0 Å². The van der Waals surface area contributed by atoms with Crippen molar-refractivity contribution < 1.29 is 4.79 Å². The van der Waals surface area contributed by atoms with Crippen LogP contribution < -0.4 is 10.6 Å². The van der Waals surface area contributed by atoms with E-state index in [-0.39, 0.29) is 11.6 Å². The van der Waals surface area contributed by atoms with Crippen LogP contribution in [0.2, 0.25) is 5.02 Å². The minimum atomic E-state index is -0.288. The van der Waals surface area contributed by atoms with Crippen molar-refractivity contribution in [2.24, 2.45) is 0 Å². The van der Waals surface area contributed by atoms with Gasteiger partial charge in [-0.1, -0.05) is 29.8 Å². The van der Waals surface area contributed by atoms with Gasteiger partial charge in [0.15, 0.2) is 0 Å². The molecule has 3 aromatic rings. The monoisotopic (exact) mass is 366 g/mol. The average Bonchev–Trinajstić information content (AvgIpc) is 2.61. The highest BCUT2D eigenvalue weighted by atomic mass is 35.5. The number of amides is 1. The third-order valence-electron chi connectivity index (χ3n) is 4.06. The van der Waals surface area contributed by atoms with Crippen LogP contribution in [0.15, 0.2) is 48.8 Å². The zero-order valence-corrected chi connectivity index (χ0v) is 15.6. The summed E-state index contributed by atoms with van der Waals surface area (Å²) in [6.07, 6.45) is 2.99. The minimum Gasteiger partial charge on any atom is -0.339 e. The number of para-hydroxylation sites is 1. The number of halogens is 1. The standard InChI is InChI=1S/C20H19ClN4O/c1-12-5-4-6-13(2)19(12)25-20(26)17-10-23-18(11-22-17)24-16-8-7-15(21)9-14(16)3/h4-11H,1-3H3,(H,23,24)(H,25,26). The lowest BCUT2D eigenvalue weighted by Crippen LogP contribution is -2.15. The molecule has 2 N–H and O–H groups in total. The van der Waals surface area contributed by atoms with Gasteiger partial charge in [0.25, 0.3) is 5.91 Å². The summed E-state index contributed by atoms with van der Waals surface area (Å²) in [5.74, 6) is 0.267. The van der Waals surface area contributed by atoms with Crippen LogP contribution in [-0.2, 0) is 0 Å². The molecule has 0 aliphatic carbocycles. The molecule has 0 fully saturated rings. The van der Waals surface area contributed by atoms with Gasteiger partial charge in [0.2, 0.25) is 0 Å². The van der Waals surface area contributed by atoms with Gasteiger partial charge >= 0.3 is 0 Å². The van der Waals surface area contributed by atoms with Crippen molar-refractivity contribution in [2.45, 2.75) is 20.8 Å². The van der Waals surface area contributed by atoms with Crippen LogP contribution in [0.1, 0.15) is 27.2 Å². The van der Waals surface area contributed by atoms with Crippen molar-refractivity contribution in [3.63, 3.8) is 0 Å². The molecule has 0 bridgehead atoms. The van der Waals surface area contributed by atoms with Crippen LogP contribution in [0.3, 0.4) is 0 Å². The number of rotatable bonds is 4. The number of carbonyl (C=O) groups excluding carboxylic acids is 1. The van der Waals surface area contributed by atoms with Gasteiger partial charge in [0.05, 0.1) is 12.4 Å². The molecule has 0 aliphatic heterocycles. The fourth-order valence-electron chi connectivity index (χ4n) is 2.60. The Morgan fingerprint density at radius 2 is 1.69 bits per heavy atom. The van der Waals surface area contributed by atoms with Gasteiger partial charge in [0, 0.05) is 16.4 Å². The highest BCUT2D eigenvalue weighted by Gasteiger charge is 2.11. The second-order valence-corrected chi connectivity index (χ2v) is 6.53. The summed E-state index contributed by atoms with van der Waals surface area (Å²) in [7, 11) is 0. The molecule has 1 heterocycles. The van der Waals surface area contributed by atoms with E-state index in [1.165, 1.54) is 12.4 Å². The minimum absolute atomic E-state index is 0.256. The summed E-state index contributed by atoms with van der Waals surface area (Å²) in [4.78, 5) is 20.9. The van der Waals surface area contributed by atoms with Crippen molar-refractivity contribution in [3.8, 4) is 0 Å². The maximum absolute atomic E-state index is 12.4. The van der Waals surface area contributed by atoms with E-state index in [1.54, 1.807) is 6.07 Å². The predicted molar refractivity (Wildman–Crippen MR) is 105 cm³/mol. The molecule has 2 aromatic carbocycles. The molecular formula is C20H19ClN4O. The molecule has 0 saturated heterocycles. The van der Waals surface area contributed by atoms with Gasteiger partial charge in [-0.2, -0.15) is 0 Å². The lowest BCUT2D eigenvalue weighted by atomic mass is 10.1. The first-order valence-corrected chi connectivity index (χ1v) is 8.54. The number of hydrogen-bond donors (Lipinski definition) is 2. The van der Waals surface area contributed by atoms with E-state index in [0.29, 0.717) is 10.8 Å². The van der Waals surface area contributed by atoms with Gasteiger partial charge in [0.1, 0.15) is 11.5 Å². The van der Waals surface area contributed by atoms with Gasteiger partial charge in [-0.25, -0.2) is 9.97 Å². The van der Waals surface area contributed by atoms with E-state index in [9.17, 15) is 4.79 Å². The molecule has 0 unspecified atom stereocenters. The molecule has 0 atom stereocenters. The highest BCUT2D eigenvalue weighted by molar-refractivity contribution is 6.30. The van der Waals surface area contributed by atoms with Crippen LogP contribution in [0.4, 0.5) is 17.2 Å². The smallest absolute Gasteiger partial charge is 0.275 e. The van der Waals surface area contributed by atoms with Crippen LogP contribution >= 0.6 is 11.6 Å². The second-order valence-electron chi connectivity index (χ2n) is 6.09. The number of benzene rings is 2. The molecule has 5 nitrogen and oxygen atoms in total. The first-order chi connectivity index (χ1) is 12.4. The summed E-state index contributed by atoms with van der Waals surface area (Å²) >= 11 is 5.96. The molecule has 3 rings (SSSR count). The van der Waals surface area contributed by atoms with Crippen molar-refractivity contribution in [1.29, 1.82) is 0 Å². The lowest BCUT2D eigenvalue weighted by molar-refractivity contribution is 0.102. The van der Waals surface area contributed by atoms with Gasteiger partial charge in [-0.05, 0) is 55.7 Å². The molecule has 0 radical (unpaired) electrons. The average molecular weight is 367 g/mol. The molecule has 0 spiro atoms. The summed E-state index contributed by atoms with van der Waals surface area (Å²) in [6.45, 7) is 5.86. The Morgan fingerprint density at radius 1 is 0.962 bits per heavy atom. The normalized spacial score (nSPS) is 10.5. The number of hydrogen-bond acceptors (Lipinski definition) is 4. The number of aryl methyl sites for hydroxylation is 3. The summed E-state index contributed by atoms with van der Waals surface area (Å²) < 4.78 is 0. The maximum atomic E-state index is 12.4. The number of carbonyl (C=O) groups is 1. The van der Waals surface area contributed by atoms with E-state index in [0.717, 1.165) is 28.1 Å². The molecule has 0 aliphatic rings. The van der Waals surface area contributed by atoms with Gasteiger partial charge in [-0.3, -0.25) is 4.79 Å². The van der Waals surface area contributed by atoms with Crippen LogP contribution in [0.25, 0.3) is 0 Å². The van der Waals surface area contributed by atoms with Gasteiger partial charge < -0.3 is 10.6 Å². The fourth-order valence-corrected chi connectivity index (χ4v) is 2.83. The number of nitrogens with one attached hydrogen (secondary N) is 2. The molecule has 1 aromatic heterocycles. The highest BCUT2D eigenvalue weighted by Crippen LogP contribution is 2.23. The Hall–Kier alpha value is -2.92. The van der Waals surface area contributed by atoms with Crippen molar-refractivity contribution in [2.75, 3.05) is 10.6 Å². The molecule has 26 heavy (non-hydrogen) atoms. The topological polar surface area (TPSA) is 66.9 Å². The Bertz CT molecular complexity index is 934. The van der Waals surface area contributed by atoms with Crippen molar-refractivity contribution in [3.05, 3.63) is 76.2 Å². The zero-order chi connectivity index (χ0) is 18.7. The number of nitrogens with zero attached hydrogens (tertiary/aromatic N) is 2. The first kappa shape index (κ1) is 17.9. The summed E-state index contributed by atoms with van der Waals surface area (Å²) in [6, 6.07) is 11.4. The third kappa shape index (κ3) is 4.00. The Balaban J connectivity index is 1.74. The van der Waals surface area contributed by atoms with E-state index >= 15 is 0 Å². The third-order valence-corrected chi connectivity index (χ3v) is 4.29. The van der Waals surface area contributed by atoms with Crippen molar-refractivity contribution in [1.82, 2.24) is 9.97 Å². The van der Waals surface area contributed by atoms with Gasteiger partial charge in [-0.15, -0.1) is 0 Å². The molecule has 1 amide bonds. The maximum Gasteiger partial charge on any atom is 0.275 e. The molecular weight excluding hydrogens is 348 g/mol. The predicted octanol–water partition coefficient (Wildman–Crippen LogP) is 5.05. The molecule has 132 valence electrons. The van der Waals surface area contributed by atoms with E-state index in [4.69, 9.17) is 11.6 Å². The second kappa shape index (κ2) is 7.54. The van der Waals surface area contributed by atoms with Crippen molar-refractivity contribution >= 4 is 34.7 Å². The quantitative estimate of drug-likeness (QED) is 0.678. The zero-order valence-electron chi connectivity index (χ0n) is 14.8. The Morgan fingerprint density at radius 3 is 2.31 bits per heavy atom. The largest absolute Gasteiger partial charge is 0.339 e. The number of anilines is 3. The summed E-state index contributed by atoms with van der Waals surface area (Å²) in [5, 5.41) is 6.75. The van der Waals surface area contributed by atoms with Crippen LogP contribution in [0.5, 0.6) is 0 Å². The van der Waals surface area contributed by atoms with E-state index in [1.807, 2.05) is 51.1 Å².